The number of rotatable bonds is 14. The predicted molar refractivity (Wildman–Crippen MR) is 165 cm³/mol. The predicted octanol–water partition coefficient (Wildman–Crippen LogP) is 7.73. The molecule has 0 radical (unpaired) electrons. The fourth-order valence-corrected chi connectivity index (χ4v) is 9.14. The van der Waals surface area contributed by atoms with E-state index in [1.807, 2.05) is 78.9 Å². The highest BCUT2D eigenvalue weighted by Crippen LogP contribution is 2.38. The Morgan fingerprint density at radius 3 is 1.95 bits per heavy atom. The molecule has 0 saturated heterocycles. The second-order valence-corrected chi connectivity index (χ2v) is 16.8. The van der Waals surface area contributed by atoms with E-state index < -0.39 is 18.3 Å². The number of ether oxygens (including phenoxy) is 1. The van der Waals surface area contributed by atoms with Crippen LogP contribution in [-0.4, -0.2) is 27.4 Å². The van der Waals surface area contributed by atoms with Gasteiger partial charge in [0.1, 0.15) is 12.4 Å². The fraction of sp³-hybridized carbons (Fsp3) is 0.379. The van der Waals surface area contributed by atoms with Crippen molar-refractivity contribution in [1.29, 1.82) is 0 Å². The third-order valence-electron chi connectivity index (χ3n) is 6.90. The summed E-state index contributed by atoms with van der Waals surface area (Å²) in [5, 5.41) is 0. The molecule has 0 aromatic heterocycles. The number of sulfonamides is 1. The van der Waals surface area contributed by atoms with Crippen molar-refractivity contribution >= 4 is 46.6 Å². The molecule has 0 fully saturated rings. The van der Waals surface area contributed by atoms with Crippen LogP contribution in [0.5, 0.6) is 5.75 Å². The van der Waals surface area contributed by atoms with Gasteiger partial charge in [-0.2, -0.15) is 0 Å². The molecule has 0 aliphatic heterocycles. The van der Waals surface area contributed by atoms with Crippen molar-refractivity contribution in [2.24, 2.45) is 0 Å². The molecule has 0 spiro atoms. The molecular formula is C29H38INO4SSi. The second-order valence-electron chi connectivity index (χ2n) is 9.26. The van der Waals surface area contributed by atoms with Crippen molar-refractivity contribution in [1.82, 2.24) is 0 Å². The molecule has 3 aromatic rings. The summed E-state index contributed by atoms with van der Waals surface area (Å²) in [6.45, 7) is 7.24. The van der Waals surface area contributed by atoms with Crippen LogP contribution >= 0.6 is 22.6 Å². The second kappa shape index (κ2) is 13.8. The standard InChI is InChI=1S/C29H38INO4SSi/c1-5-37(6-2,7-3)35-29(21-30)26-18-19-28(34-23-25-16-12-9-13-17-25)27(20-26)31(36(4,32)33)22-24-14-10-8-11-15-24/h8-20,29H,5-7,21-23H2,1-4H3. The smallest absolute Gasteiger partial charge is 0.232 e. The van der Waals surface area contributed by atoms with Crippen molar-refractivity contribution in [3.05, 3.63) is 95.6 Å². The van der Waals surface area contributed by atoms with Crippen molar-refractivity contribution in [2.75, 3.05) is 15.0 Å². The summed E-state index contributed by atoms with van der Waals surface area (Å²) in [5.41, 5.74) is 3.44. The van der Waals surface area contributed by atoms with Gasteiger partial charge in [0, 0.05) is 4.43 Å². The highest BCUT2D eigenvalue weighted by molar-refractivity contribution is 14.1. The van der Waals surface area contributed by atoms with E-state index in [0.717, 1.165) is 39.3 Å². The first kappa shape index (κ1) is 29.7. The van der Waals surface area contributed by atoms with E-state index in [4.69, 9.17) is 9.16 Å². The van der Waals surface area contributed by atoms with Crippen molar-refractivity contribution in [3.8, 4) is 5.75 Å². The molecule has 0 bridgehead atoms. The van der Waals surface area contributed by atoms with Crippen LogP contribution in [0, 0.1) is 0 Å². The Morgan fingerprint density at radius 2 is 1.43 bits per heavy atom. The lowest BCUT2D eigenvalue weighted by atomic mass is 10.1. The van der Waals surface area contributed by atoms with Gasteiger partial charge in [-0.3, -0.25) is 4.31 Å². The van der Waals surface area contributed by atoms with Crippen LogP contribution in [0.4, 0.5) is 5.69 Å². The highest BCUT2D eigenvalue weighted by atomic mass is 127. The van der Waals surface area contributed by atoms with E-state index in [-0.39, 0.29) is 12.6 Å². The van der Waals surface area contributed by atoms with Gasteiger partial charge in [0.25, 0.3) is 0 Å². The van der Waals surface area contributed by atoms with Crippen LogP contribution in [0.15, 0.2) is 78.9 Å². The minimum atomic E-state index is -3.60. The molecule has 0 amide bonds. The molecule has 1 atom stereocenters. The zero-order chi connectivity index (χ0) is 26.9. The molecule has 3 aromatic carbocycles. The summed E-state index contributed by atoms with van der Waals surface area (Å²) in [5.74, 6) is 0.533. The van der Waals surface area contributed by atoms with Gasteiger partial charge in [0.05, 0.1) is 24.6 Å². The molecule has 5 nitrogen and oxygen atoms in total. The van der Waals surface area contributed by atoms with E-state index in [9.17, 15) is 8.42 Å². The first-order valence-electron chi connectivity index (χ1n) is 12.8. The Kier molecular flexibility index (Phi) is 11.0. The molecule has 3 rings (SSSR count). The zero-order valence-corrected chi connectivity index (χ0v) is 26.2. The van der Waals surface area contributed by atoms with Crippen LogP contribution in [0.25, 0.3) is 0 Å². The summed E-state index contributed by atoms with van der Waals surface area (Å²) in [6, 6.07) is 28.6. The maximum absolute atomic E-state index is 13.1. The number of benzene rings is 3. The Bertz CT molecular complexity index is 1210. The van der Waals surface area contributed by atoms with Gasteiger partial charge in [-0.05, 0) is 47.0 Å². The monoisotopic (exact) mass is 651 g/mol. The number of halogens is 1. The summed E-state index contributed by atoms with van der Waals surface area (Å²) in [7, 11) is -5.47. The third-order valence-corrected chi connectivity index (χ3v) is 13.5. The summed E-state index contributed by atoms with van der Waals surface area (Å²) in [4.78, 5) is 0. The maximum Gasteiger partial charge on any atom is 0.232 e. The van der Waals surface area contributed by atoms with Gasteiger partial charge in [-0.15, -0.1) is 0 Å². The summed E-state index contributed by atoms with van der Waals surface area (Å²) in [6.07, 6.45) is 1.14. The number of hydrogen-bond acceptors (Lipinski definition) is 4. The minimum absolute atomic E-state index is 0.104. The van der Waals surface area contributed by atoms with E-state index in [1.165, 1.54) is 10.6 Å². The lowest BCUT2D eigenvalue weighted by Crippen LogP contribution is -2.37. The molecule has 0 N–H and O–H groups in total. The van der Waals surface area contributed by atoms with E-state index in [0.29, 0.717) is 18.0 Å². The quantitative estimate of drug-likeness (QED) is 0.102. The van der Waals surface area contributed by atoms with Gasteiger partial charge < -0.3 is 9.16 Å². The van der Waals surface area contributed by atoms with Crippen LogP contribution in [0.2, 0.25) is 18.1 Å². The summed E-state index contributed by atoms with van der Waals surface area (Å²) >= 11 is 2.37. The van der Waals surface area contributed by atoms with E-state index in [2.05, 4.69) is 43.4 Å². The average molecular weight is 652 g/mol. The minimum Gasteiger partial charge on any atom is -0.487 e. The zero-order valence-electron chi connectivity index (χ0n) is 22.2. The van der Waals surface area contributed by atoms with E-state index in [1.54, 1.807) is 0 Å². The molecule has 0 saturated carbocycles. The van der Waals surface area contributed by atoms with E-state index >= 15 is 0 Å². The maximum atomic E-state index is 13.1. The number of nitrogens with zero attached hydrogens (tertiary/aromatic N) is 1. The Hall–Kier alpha value is -1.88. The number of hydrogen-bond donors (Lipinski definition) is 0. The van der Waals surface area contributed by atoms with Crippen LogP contribution < -0.4 is 9.04 Å². The Labute approximate surface area is 237 Å². The number of alkyl halides is 1. The fourth-order valence-electron chi connectivity index (χ4n) is 4.41. The molecule has 37 heavy (non-hydrogen) atoms. The van der Waals surface area contributed by atoms with Crippen molar-refractivity contribution in [2.45, 2.75) is 58.2 Å². The Morgan fingerprint density at radius 1 is 0.865 bits per heavy atom. The molecule has 0 heterocycles. The van der Waals surface area contributed by atoms with Crippen LogP contribution in [0.3, 0.4) is 0 Å². The topological polar surface area (TPSA) is 55.8 Å². The first-order chi connectivity index (χ1) is 17.7. The third kappa shape index (κ3) is 8.05. The molecule has 0 aliphatic carbocycles. The van der Waals surface area contributed by atoms with Gasteiger partial charge in [0.2, 0.25) is 10.0 Å². The largest absolute Gasteiger partial charge is 0.487 e. The number of anilines is 1. The van der Waals surface area contributed by atoms with Crippen LogP contribution in [0.1, 0.15) is 43.6 Å². The SMILES string of the molecule is CC[Si](CC)(CC)OC(CI)c1ccc(OCc2ccccc2)c(N(Cc2ccccc2)S(C)(=O)=O)c1. The molecule has 8 heteroatoms. The average Bonchev–Trinajstić information content (AvgIpc) is 2.92. The molecule has 1 unspecified atom stereocenters. The van der Waals surface area contributed by atoms with Crippen molar-refractivity contribution < 1.29 is 17.6 Å². The highest BCUT2D eigenvalue weighted by Gasteiger charge is 2.33. The van der Waals surface area contributed by atoms with Gasteiger partial charge >= 0.3 is 0 Å². The van der Waals surface area contributed by atoms with Crippen molar-refractivity contribution in [3.63, 3.8) is 0 Å². The lowest BCUT2D eigenvalue weighted by molar-refractivity contribution is 0.217. The molecule has 200 valence electrons. The summed E-state index contributed by atoms with van der Waals surface area (Å²) < 4.78 is 41.6. The van der Waals surface area contributed by atoms with Crippen LogP contribution in [-0.2, 0) is 27.6 Å². The molecule has 0 aliphatic rings. The molecular weight excluding hydrogens is 613 g/mol. The lowest BCUT2D eigenvalue weighted by Gasteiger charge is -2.33. The first-order valence-corrected chi connectivity index (χ1v) is 18.7. The normalized spacial score (nSPS) is 12.8. The van der Waals surface area contributed by atoms with Gasteiger partial charge in [-0.1, -0.05) is 110 Å². The Balaban J connectivity index is 2.06. The van der Waals surface area contributed by atoms with Gasteiger partial charge in [0.15, 0.2) is 8.32 Å². The van der Waals surface area contributed by atoms with Gasteiger partial charge in [-0.25, -0.2) is 8.42 Å².